The Labute approximate surface area is 95.3 Å². The van der Waals surface area contributed by atoms with Crippen LogP contribution in [-0.2, 0) is 7.05 Å². The van der Waals surface area contributed by atoms with Crippen LogP contribution < -0.4 is 5.32 Å². The molecule has 0 bridgehead atoms. The fourth-order valence-corrected chi connectivity index (χ4v) is 1.36. The maximum atomic E-state index is 5.61. The summed E-state index contributed by atoms with van der Waals surface area (Å²) in [6.07, 6.45) is 3.40. The van der Waals surface area contributed by atoms with Crippen LogP contribution in [0, 0.1) is 0 Å². The molecule has 1 N–H and O–H groups in total. The van der Waals surface area contributed by atoms with Gasteiger partial charge in [0.25, 0.3) is 0 Å². The van der Waals surface area contributed by atoms with E-state index in [1.165, 1.54) is 0 Å². The molecule has 2 aromatic rings. The number of anilines is 2. The smallest absolute Gasteiger partial charge is 0.232 e. The van der Waals surface area contributed by atoms with Gasteiger partial charge in [-0.05, 0) is 23.2 Å². The third-order valence-corrected chi connectivity index (χ3v) is 1.88. The molecule has 15 heavy (non-hydrogen) atoms. The monoisotopic (exact) mass is 244 g/mol. The third-order valence-electron chi connectivity index (χ3n) is 1.54. The first-order valence-corrected chi connectivity index (χ1v) is 4.72. The van der Waals surface area contributed by atoms with Gasteiger partial charge in [0.05, 0.1) is 11.9 Å². The van der Waals surface area contributed by atoms with Crippen LogP contribution >= 0.6 is 23.2 Å². The molecule has 78 valence electrons. The van der Waals surface area contributed by atoms with Gasteiger partial charge in [-0.1, -0.05) is 0 Å². The van der Waals surface area contributed by atoms with Crippen molar-refractivity contribution in [2.75, 3.05) is 5.32 Å². The normalized spacial score (nSPS) is 10.3. The first-order chi connectivity index (χ1) is 7.13. The summed E-state index contributed by atoms with van der Waals surface area (Å²) in [5.41, 5.74) is 0.746. The molecule has 2 heterocycles. The molecule has 0 radical (unpaired) electrons. The molecule has 6 nitrogen and oxygen atoms in total. The van der Waals surface area contributed by atoms with Crippen LogP contribution in [0.1, 0.15) is 0 Å². The van der Waals surface area contributed by atoms with Crippen LogP contribution in [0.15, 0.2) is 12.4 Å². The molecular weight excluding hydrogens is 239 g/mol. The van der Waals surface area contributed by atoms with Crippen molar-refractivity contribution in [1.29, 1.82) is 0 Å². The summed E-state index contributed by atoms with van der Waals surface area (Å²) in [6.45, 7) is 0. The summed E-state index contributed by atoms with van der Waals surface area (Å²) in [7, 11) is 1.80. The molecule has 8 heteroatoms. The van der Waals surface area contributed by atoms with Gasteiger partial charge in [-0.15, -0.1) is 0 Å². The summed E-state index contributed by atoms with van der Waals surface area (Å²) in [6, 6.07) is 0. The molecule has 0 aliphatic rings. The van der Waals surface area contributed by atoms with Crippen molar-refractivity contribution in [2.24, 2.45) is 7.05 Å². The second kappa shape index (κ2) is 4.00. The summed E-state index contributed by atoms with van der Waals surface area (Å²) in [5.74, 6) is 0.285. The second-order valence-corrected chi connectivity index (χ2v) is 3.40. The Hall–Kier alpha value is -1.40. The third kappa shape index (κ3) is 2.54. The van der Waals surface area contributed by atoms with Crippen molar-refractivity contribution in [2.45, 2.75) is 0 Å². The molecular formula is C7H6Cl2N6. The van der Waals surface area contributed by atoms with E-state index in [1.807, 2.05) is 0 Å². The van der Waals surface area contributed by atoms with Gasteiger partial charge in [-0.2, -0.15) is 20.1 Å². The molecule has 0 aliphatic carbocycles. The van der Waals surface area contributed by atoms with Gasteiger partial charge in [-0.3, -0.25) is 4.68 Å². The number of hydrogen-bond donors (Lipinski definition) is 1. The highest BCUT2D eigenvalue weighted by Crippen LogP contribution is 2.14. The zero-order chi connectivity index (χ0) is 10.8. The SMILES string of the molecule is Cn1cc(Nc2nc(Cl)nc(Cl)n2)cn1. The number of rotatable bonds is 2. The first kappa shape index (κ1) is 10.1. The quantitative estimate of drug-likeness (QED) is 0.871. The molecule has 0 unspecified atom stereocenters. The minimum Gasteiger partial charge on any atom is -0.321 e. The lowest BCUT2D eigenvalue weighted by Gasteiger charge is -2.00. The maximum Gasteiger partial charge on any atom is 0.232 e. The predicted molar refractivity (Wildman–Crippen MR) is 56.3 cm³/mol. The lowest BCUT2D eigenvalue weighted by molar-refractivity contribution is 0.768. The van der Waals surface area contributed by atoms with Crippen LogP contribution in [0.4, 0.5) is 11.6 Å². The lowest BCUT2D eigenvalue weighted by Crippen LogP contribution is -1.98. The van der Waals surface area contributed by atoms with Crippen molar-refractivity contribution in [3.8, 4) is 0 Å². The molecule has 0 saturated carbocycles. The van der Waals surface area contributed by atoms with Gasteiger partial charge >= 0.3 is 0 Å². The molecule has 0 amide bonds. The average Bonchev–Trinajstić information content (AvgIpc) is 2.49. The second-order valence-electron chi connectivity index (χ2n) is 2.72. The maximum absolute atomic E-state index is 5.61. The van der Waals surface area contributed by atoms with Gasteiger partial charge in [0, 0.05) is 13.2 Å². The number of nitrogens with one attached hydrogen (secondary N) is 1. The first-order valence-electron chi connectivity index (χ1n) is 3.96. The summed E-state index contributed by atoms with van der Waals surface area (Å²) in [4.78, 5) is 11.3. The number of hydrogen-bond acceptors (Lipinski definition) is 5. The van der Waals surface area contributed by atoms with Gasteiger partial charge in [-0.25, -0.2) is 0 Å². The number of aromatic nitrogens is 5. The molecule has 2 rings (SSSR count). The van der Waals surface area contributed by atoms with E-state index in [1.54, 1.807) is 24.1 Å². The van der Waals surface area contributed by atoms with E-state index < -0.39 is 0 Å². The fourth-order valence-electron chi connectivity index (χ4n) is 0.997. The van der Waals surface area contributed by atoms with Crippen molar-refractivity contribution in [3.63, 3.8) is 0 Å². The highest BCUT2D eigenvalue weighted by atomic mass is 35.5. The summed E-state index contributed by atoms with van der Waals surface area (Å²) < 4.78 is 1.65. The van der Waals surface area contributed by atoms with Gasteiger partial charge in [0.1, 0.15) is 0 Å². The fraction of sp³-hybridized carbons (Fsp3) is 0.143. The van der Waals surface area contributed by atoms with Crippen molar-refractivity contribution in [1.82, 2.24) is 24.7 Å². The zero-order valence-corrected chi connectivity index (χ0v) is 9.16. The molecule has 0 spiro atoms. The minimum absolute atomic E-state index is 0.0430. The van der Waals surface area contributed by atoms with Crippen LogP contribution in [-0.4, -0.2) is 24.7 Å². The van der Waals surface area contributed by atoms with Gasteiger partial charge in [0.2, 0.25) is 16.5 Å². The van der Waals surface area contributed by atoms with Crippen molar-refractivity contribution in [3.05, 3.63) is 23.0 Å². The average molecular weight is 245 g/mol. The lowest BCUT2D eigenvalue weighted by atomic mass is 10.6. The Kier molecular flexibility index (Phi) is 2.70. The molecule has 0 saturated heterocycles. The summed E-state index contributed by atoms with van der Waals surface area (Å²) >= 11 is 11.2. The minimum atomic E-state index is 0.0430. The molecule has 0 atom stereocenters. The highest BCUT2D eigenvalue weighted by Gasteiger charge is 2.04. The van der Waals surface area contributed by atoms with Crippen LogP contribution in [0.2, 0.25) is 10.6 Å². The molecule has 0 fully saturated rings. The van der Waals surface area contributed by atoms with Gasteiger partial charge < -0.3 is 5.32 Å². The van der Waals surface area contributed by atoms with E-state index >= 15 is 0 Å². The highest BCUT2D eigenvalue weighted by molar-refractivity contribution is 6.31. The Morgan fingerprint density at radius 1 is 1.20 bits per heavy atom. The molecule has 0 aromatic carbocycles. The van der Waals surface area contributed by atoms with Crippen molar-refractivity contribution < 1.29 is 0 Å². The van der Waals surface area contributed by atoms with Crippen molar-refractivity contribution >= 4 is 34.8 Å². The summed E-state index contributed by atoms with van der Waals surface area (Å²) in [5, 5.41) is 6.95. The van der Waals surface area contributed by atoms with E-state index in [9.17, 15) is 0 Å². The standard InChI is InChI=1S/C7H6Cl2N6/c1-15-3-4(2-10-15)11-7-13-5(8)12-6(9)14-7/h2-3H,1H3,(H,11,12,13,14). The Balaban J connectivity index is 2.24. The predicted octanol–water partition coefficient (Wildman–Crippen LogP) is 1.66. The Bertz CT molecular complexity index is 462. The van der Waals surface area contributed by atoms with E-state index in [-0.39, 0.29) is 16.5 Å². The van der Waals surface area contributed by atoms with E-state index in [0.717, 1.165) is 5.69 Å². The van der Waals surface area contributed by atoms with Crippen LogP contribution in [0.25, 0.3) is 0 Å². The van der Waals surface area contributed by atoms with E-state index in [0.29, 0.717) is 0 Å². The van der Waals surface area contributed by atoms with E-state index in [4.69, 9.17) is 23.2 Å². The Morgan fingerprint density at radius 2 is 1.87 bits per heavy atom. The van der Waals surface area contributed by atoms with Crippen LogP contribution in [0.5, 0.6) is 0 Å². The Morgan fingerprint density at radius 3 is 2.40 bits per heavy atom. The number of aryl methyl sites for hydroxylation is 1. The van der Waals surface area contributed by atoms with Gasteiger partial charge in [0.15, 0.2) is 0 Å². The number of nitrogens with zero attached hydrogens (tertiary/aromatic N) is 5. The van der Waals surface area contributed by atoms with Crippen LogP contribution in [0.3, 0.4) is 0 Å². The van der Waals surface area contributed by atoms with E-state index in [2.05, 4.69) is 25.4 Å². The zero-order valence-electron chi connectivity index (χ0n) is 7.65. The molecule has 0 aliphatic heterocycles. The number of halogens is 2. The molecule has 2 aromatic heterocycles. The largest absolute Gasteiger partial charge is 0.321 e. The topological polar surface area (TPSA) is 68.5 Å².